The van der Waals surface area contributed by atoms with Crippen molar-refractivity contribution < 1.29 is 14.7 Å². The Morgan fingerprint density at radius 1 is 1.37 bits per heavy atom. The van der Waals surface area contributed by atoms with Crippen molar-refractivity contribution in [3.05, 3.63) is 29.3 Å². The summed E-state index contributed by atoms with van der Waals surface area (Å²) < 4.78 is 0. The van der Waals surface area contributed by atoms with Crippen LogP contribution in [0.3, 0.4) is 0 Å². The summed E-state index contributed by atoms with van der Waals surface area (Å²) in [6, 6.07) is 4.65. The Morgan fingerprint density at radius 2 is 2.00 bits per heavy atom. The molecule has 0 heterocycles. The average Bonchev–Trinajstić information content (AvgIpc) is 2.31. The number of benzene rings is 1. The summed E-state index contributed by atoms with van der Waals surface area (Å²) >= 11 is 0. The molecule has 0 aromatic heterocycles. The molecule has 0 radical (unpaired) electrons. The molecule has 0 spiro atoms. The van der Waals surface area contributed by atoms with Gasteiger partial charge in [0.1, 0.15) is 0 Å². The Bertz CT molecular complexity index is 484. The molecule has 0 saturated carbocycles. The molecule has 0 fully saturated rings. The molecular weight excluding hydrogens is 244 g/mol. The Morgan fingerprint density at radius 3 is 2.47 bits per heavy atom. The average molecular weight is 264 g/mol. The minimum absolute atomic E-state index is 0.0443. The fourth-order valence-electron chi connectivity index (χ4n) is 1.67. The number of aryl methyl sites for hydroxylation is 1. The second kappa shape index (κ2) is 6.22. The molecule has 0 saturated heterocycles. The number of carboxylic acids is 1. The first-order valence-corrected chi connectivity index (χ1v) is 6.20. The molecule has 1 amide bonds. The van der Waals surface area contributed by atoms with E-state index in [0.717, 1.165) is 5.56 Å². The molecule has 1 unspecified atom stereocenters. The molecule has 0 bridgehead atoms. The third-order valence-electron chi connectivity index (χ3n) is 3.06. The van der Waals surface area contributed by atoms with Crippen LogP contribution in [0.4, 0.5) is 5.69 Å². The van der Waals surface area contributed by atoms with Gasteiger partial charge in [-0.15, -0.1) is 0 Å². The number of carbonyl (C=O) groups is 2. The summed E-state index contributed by atoms with van der Waals surface area (Å²) in [5.41, 5.74) is 7.65. The van der Waals surface area contributed by atoms with E-state index in [1.807, 2.05) is 20.8 Å². The van der Waals surface area contributed by atoms with Crippen LogP contribution in [0, 0.1) is 12.8 Å². The van der Waals surface area contributed by atoms with E-state index in [0.29, 0.717) is 11.3 Å². The van der Waals surface area contributed by atoms with Gasteiger partial charge in [0.05, 0.1) is 6.42 Å². The van der Waals surface area contributed by atoms with Gasteiger partial charge in [0, 0.05) is 17.3 Å². The van der Waals surface area contributed by atoms with Gasteiger partial charge < -0.3 is 16.2 Å². The number of carbonyl (C=O) groups excluding carboxylic acids is 1. The molecular formula is C14H20N2O3. The third kappa shape index (κ3) is 4.28. The number of carboxylic acid groups (broad SMARTS) is 1. The largest absolute Gasteiger partial charge is 0.481 e. The lowest BCUT2D eigenvalue weighted by atomic mass is 10.00. The van der Waals surface area contributed by atoms with Gasteiger partial charge >= 0.3 is 5.97 Å². The molecule has 0 aliphatic carbocycles. The smallest absolute Gasteiger partial charge is 0.305 e. The van der Waals surface area contributed by atoms with Crippen LogP contribution < -0.4 is 11.1 Å². The predicted octanol–water partition coefficient (Wildman–Crippen LogP) is 1.81. The van der Waals surface area contributed by atoms with Crippen LogP contribution in [0.25, 0.3) is 0 Å². The standard InChI is InChI=1S/C14H20N2O3/c1-8(2)12(7-13(17)18)16-14(19)10-5-4-9(3)11(15)6-10/h4-6,8,12H,7,15H2,1-3H3,(H,16,19)(H,17,18). The number of hydrogen-bond acceptors (Lipinski definition) is 3. The van der Waals surface area contributed by atoms with Gasteiger partial charge in [-0.2, -0.15) is 0 Å². The second-order valence-corrected chi connectivity index (χ2v) is 4.99. The number of rotatable bonds is 5. The van der Waals surface area contributed by atoms with E-state index < -0.39 is 12.0 Å². The zero-order valence-corrected chi connectivity index (χ0v) is 11.4. The van der Waals surface area contributed by atoms with Crippen molar-refractivity contribution in [1.82, 2.24) is 5.32 Å². The van der Waals surface area contributed by atoms with Gasteiger partial charge in [-0.3, -0.25) is 9.59 Å². The molecule has 19 heavy (non-hydrogen) atoms. The Balaban J connectivity index is 2.81. The van der Waals surface area contributed by atoms with Crippen molar-refractivity contribution in [2.75, 3.05) is 5.73 Å². The highest BCUT2D eigenvalue weighted by Crippen LogP contribution is 2.14. The van der Waals surface area contributed by atoms with Crippen LogP contribution in [-0.4, -0.2) is 23.0 Å². The van der Waals surface area contributed by atoms with E-state index in [2.05, 4.69) is 5.32 Å². The van der Waals surface area contributed by atoms with Crippen molar-refractivity contribution in [3.8, 4) is 0 Å². The number of nitrogens with one attached hydrogen (secondary N) is 1. The molecule has 0 aliphatic heterocycles. The van der Waals surface area contributed by atoms with Gasteiger partial charge in [0.25, 0.3) is 5.91 Å². The number of nitrogen functional groups attached to an aromatic ring is 1. The van der Waals surface area contributed by atoms with Crippen molar-refractivity contribution >= 4 is 17.6 Å². The van der Waals surface area contributed by atoms with Gasteiger partial charge in [-0.1, -0.05) is 19.9 Å². The maximum absolute atomic E-state index is 12.0. The SMILES string of the molecule is Cc1ccc(C(=O)NC(CC(=O)O)C(C)C)cc1N. The number of amides is 1. The summed E-state index contributed by atoms with van der Waals surface area (Å²) in [5.74, 6) is -1.18. The highest BCUT2D eigenvalue weighted by atomic mass is 16.4. The van der Waals surface area contributed by atoms with E-state index >= 15 is 0 Å². The number of hydrogen-bond donors (Lipinski definition) is 3. The molecule has 1 aromatic rings. The maximum Gasteiger partial charge on any atom is 0.305 e. The van der Waals surface area contributed by atoms with Crippen LogP contribution in [0.1, 0.15) is 36.2 Å². The van der Waals surface area contributed by atoms with Crippen LogP contribution in [0.15, 0.2) is 18.2 Å². The highest BCUT2D eigenvalue weighted by Gasteiger charge is 2.20. The number of aliphatic carboxylic acids is 1. The molecule has 104 valence electrons. The summed E-state index contributed by atoms with van der Waals surface area (Å²) in [6.45, 7) is 5.60. The quantitative estimate of drug-likeness (QED) is 0.707. The topological polar surface area (TPSA) is 92.4 Å². The molecule has 1 atom stereocenters. The second-order valence-electron chi connectivity index (χ2n) is 4.99. The number of anilines is 1. The van der Waals surface area contributed by atoms with Gasteiger partial charge in [0.15, 0.2) is 0 Å². The fourth-order valence-corrected chi connectivity index (χ4v) is 1.67. The lowest BCUT2D eigenvalue weighted by molar-refractivity contribution is -0.137. The van der Waals surface area contributed by atoms with E-state index in [9.17, 15) is 9.59 Å². The molecule has 1 aromatic carbocycles. The van der Waals surface area contributed by atoms with Crippen molar-refractivity contribution in [2.24, 2.45) is 5.92 Å². The third-order valence-corrected chi connectivity index (χ3v) is 3.06. The first kappa shape index (κ1) is 15.0. The molecule has 4 N–H and O–H groups in total. The highest BCUT2D eigenvalue weighted by molar-refractivity contribution is 5.95. The minimum atomic E-state index is -0.928. The minimum Gasteiger partial charge on any atom is -0.481 e. The van der Waals surface area contributed by atoms with Crippen molar-refractivity contribution in [3.63, 3.8) is 0 Å². The Hall–Kier alpha value is -2.04. The summed E-state index contributed by atoms with van der Waals surface area (Å²) in [4.78, 5) is 22.8. The van der Waals surface area contributed by atoms with Crippen LogP contribution in [-0.2, 0) is 4.79 Å². The van der Waals surface area contributed by atoms with Crippen LogP contribution in [0.2, 0.25) is 0 Å². The van der Waals surface area contributed by atoms with Crippen molar-refractivity contribution in [1.29, 1.82) is 0 Å². The van der Waals surface area contributed by atoms with E-state index in [1.54, 1.807) is 18.2 Å². The van der Waals surface area contributed by atoms with Gasteiger partial charge in [0.2, 0.25) is 0 Å². The monoisotopic (exact) mass is 264 g/mol. The van der Waals surface area contributed by atoms with Gasteiger partial charge in [-0.25, -0.2) is 0 Å². The molecule has 5 heteroatoms. The first-order valence-electron chi connectivity index (χ1n) is 6.20. The molecule has 0 aliphatic rings. The van der Waals surface area contributed by atoms with E-state index in [-0.39, 0.29) is 18.2 Å². The zero-order valence-electron chi connectivity index (χ0n) is 11.4. The maximum atomic E-state index is 12.0. The van der Waals surface area contributed by atoms with Crippen LogP contribution >= 0.6 is 0 Å². The normalized spacial score (nSPS) is 12.2. The Labute approximate surface area is 112 Å². The lowest BCUT2D eigenvalue weighted by Crippen LogP contribution is -2.40. The van der Waals surface area contributed by atoms with E-state index in [1.165, 1.54) is 0 Å². The molecule has 5 nitrogen and oxygen atoms in total. The van der Waals surface area contributed by atoms with Crippen LogP contribution in [0.5, 0.6) is 0 Å². The molecule has 1 rings (SSSR count). The van der Waals surface area contributed by atoms with E-state index in [4.69, 9.17) is 10.8 Å². The summed E-state index contributed by atoms with van der Waals surface area (Å²) in [5, 5.41) is 11.6. The lowest BCUT2D eigenvalue weighted by Gasteiger charge is -2.20. The fraction of sp³-hybridized carbons (Fsp3) is 0.429. The van der Waals surface area contributed by atoms with Crippen molar-refractivity contribution in [2.45, 2.75) is 33.2 Å². The van der Waals surface area contributed by atoms with Gasteiger partial charge in [-0.05, 0) is 30.5 Å². The first-order chi connectivity index (χ1) is 8.81. The summed E-state index contributed by atoms with van der Waals surface area (Å²) in [6.07, 6.45) is -0.0925. The summed E-state index contributed by atoms with van der Waals surface area (Å²) in [7, 11) is 0. The predicted molar refractivity (Wildman–Crippen MR) is 73.9 cm³/mol. The Kier molecular flexibility index (Phi) is 4.92. The zero-order chi connectivity index (χ0) is 14.6. The number of nitrogens with two attached hydrogens (primary N) is 1.